The van der Waals surface area contributed by atoms with Crippen LogP contribution in [0.3, 0.4) is 0 Å². The van der Waals surface area contributed by atoms with Gasteiger partial charge in [0.1, 0.15) is 12.4 Å². The Balaban J connectivity index is 1.66. The molecule has 0 saturated heterocycles. The van der Waals surface area contributed by atoms with Gasteiger partial charge in [0, 0.05) is 18.3 Å². The fourth-order valence-corrected chi connectivity index (χ4v) is 3.66. The van der Waals surface area contributed by atoms with E-state index in [9.17, 15) is 4.79 Å². The lowest BCUT2D eigenvalue weighted by atomic mass is 10.1. The maximum absolute atomic E-state index is 12.5. The van der Waals surface area contributed by atoms with Crippen LogP contribution in [0.15, 0.2) is 29.8 Å². The van der Waals surface area contributed by atoms with Crippen LogP contribution in [0, 0.1) is 27.7 Å². The van der Waals surface area contributed by atoms with Crippen molar-refractivity contribution in [1.82, 2.24) is 9.78 Å². The summed E-state index contributed by atoms with van der Waals surface area (Å²) < 4.78 is 7.80. The Morgan fingerprint density at radius 2 is 2.00 bits per heavy atom. The number of ether oxygens (including phenoxy) is 1. The number of thiophene rings is 1. The average molecular weight is 384 g/mol. The second-order valence-electron chi connectivity index (χ2n) is 6.75. The Labute approximate surface area is 164 Å². The highest BCUT2D eigenvalue weighted by molar-refractivity contribution is 7.12. The van der Waals surface area contributed by atoms with E-state index >= 15 is 0 Å². The monoisotopic (exact) mass is 383 g/mol. The Kier molecular flexibility index (Phi) is 5.65. The highest BCUT2D eigenvalue weighted by atomic mass is 32.1. The van der Waals surface area contributed by atoms with Gasteiger partial charge in [0.05, 0.1) is 16.3 Å². The number of anilines is 1. The van der Waals surface area contributed by atoms with E-state index in [1.807, 2.05) is 36.2 Å². The second-order valence-corrected chi connectivity index (χ2v) is 7.66. The van der Waals surface area contributed by atoms with Gasteiger partial charge in [-0.1, -0.05) is 6.07 Å². The number of nitrogens with one attached hydrogen (secondary N) is 1. The number of nitrogens with zero attached hydrogens (tertiary/aromatic N) is 2. The summed E-state index contributed by atoms with van der Waals surface area (Å²) in [5.74, 6) is 0.778. The Morgan fingerprint density at radius 1 is 1.22 bits per heavy atom. The SMILES string of the molecule is CCn1cc(NC(=O)c2cc(COc3cc(C)cc(C)c3C)cs2)c(C)n1. The number of hydrogen-bond acceptors (Lipinski definition) is 4. The summed E-state index contributed by atoms with van der Waals surface area (Å²) in [5.41, 5.74) is 6.11. The third-order valence-corrected chi connectivity index (χ3v) is 5.53. The molecule has 0 spiro atoms. The van der Waals surface area contributed by atoms with Crippen LogP contribution in [0.4, 0.5) is 5.69 Å². The predicted octanol–water partition coefficient (Wildman–Crippen LogP) is 5.03. The minimum absolute atomic E-state index is 0.118. The summed E-state index contributed by atoms with van der Waals surface area (Å²) in [5, 5.41) is 9.26. The molecule has 5 nitrogen and oxygen atoms in total. The fourth-order valence-electron chi connectivity index (χ4n) is 2.87. The smallest absolute Gasteiger partial charge is 0.265 e. The van der Waals surface area contributed by atoms with E-state index in [4.69, 9.17) is 4.74 Å². The van der Waals surface area contributed by atoms with Crippen LogP contribution >= 0.6 is 11.3 Å². The molecule has 0 radical (unpaired) electrons. The number of carbonyl (C=O) groups excluding carboxylic acids is 1. The van der Waals surface area contributed by atoms with Crippen molar-refractivity contribution in [2.75, 3.05) is 5.32 Å². The van der Waals surface area contributed by atoms with Crippen LogP contribution in [0.25, 0.3) is 0 Å². The molecule has 1 N–H and O–H groups in total. The first-order chi connectivity index (χ1) is 12.9. The maximum atomic E-state index is 12.5. The molecule has 0 bridgehead atoms. The third kappa shape index (κ3) is 4.39. The number of amides is 1. The van der Waals surface area contributed by atoms with Gasteiger partial charge in [-0.3, -0.25) is 9.48 Å². The fraction of sp³-hybridized carbons (Fsp3) is 0.333. The number of hydrogen-bond donors (Lipinski definition) is 1. The molecule has 1 aromatic carbocycles. The van der Waals surface area contributed by atoms with Crippen molar-refractivity contribution >= 4 is 22.9 Å². The minimum atomic E-state index is -0.118. The van der Waals surface area contributed by atoms with E-state index in [-0.39, 0.29) is 5.91 Å². The molecular formula is C21H25N3O2S. The third-order valence-electron chi connectivity index (χ3n) is 4.55. The summed E-state index contributed by atoms with van der Waals surface area (Å²) in [6.07, 6.45) is 1.85. The van der Waals surface area contributed by atoms with Crippen molar-refractivity contribution in [3.05, 3.63) is 62.6 Å². The van der Waals surface area contributed by atoms with Gasteiger partial charge in [-0.15, -0.1) is 11.3 Å². The molecule has 3 rings (SSSR count). The second kappa shape index (κ2) is 7.96. The maximum Gasteiger partial charge on any atom is 0.265 e. The summed E-state index contributed by atoms with van der Waals surface area (Å²) in [4.78, 5) is 13.2. The molecule has 0 unspecified atom stereocenters. The molecule has 0 aliphatic heterocycles. The van der Waals surface area contributed by atoms with Gasteiger partial charge in [0.25, 0.3) is 5.91 Å². The molecule has 142 valence electrons. The lowest BCUT2D eigenvalue weighted by Crippen LogP contribution is -2.10. The van der Waals surface area contributed by atoms with Crippen LogP contribution < -0.4 is 10.1 Å². The number of carbonyl (C=O) groups is 1. The van der Waals surface area contributed by atoms with E-state index in [0.717, 1.165) is 34.8 Å². The topological polar surface area (TPSA) is 56.2 Å². The van der Waals surface area contributed by atoms with Crippen molar-refractivity contribution in [1.29, 1.82) is 0 Å². The normalized spacial score (nSPS) is 10.9. The number of rotatable bonds is 6. The molecule has 3 aromatic rings. The summed E-state index contributed by atoms with van der Waals surface area (Å²) in [6.45, 7) is 11.3. The molecule has 2 heterocycles. The minimum Gasteiger partial charge on any atom is -0.489 e. The largest absolute Gasteiger partial charge is 0.489 e. The first-order valence-electron chi connectivity index (χ1n) is 9.00. The molecule has 0 saturated carbocycles. The van der Waals surface area contributed by atoms with Gasteiger partial charge in [-0.25, -0.2) is 0 Å². The van der Waals surface area contributed by atoms with Crippen molar-refractivity contribution in [2.45, 2.75) is 47.8 Å². The Bertz CT molecular complexity index is 972. The standard InChI is InChI=1S/C21H25N3O2S/c1-6-24-10-18(16(5)23-24)22-21(25)20-9-17(12-27-20)11-26-19-8-13(2)7-14(3)15(19)4/h7-10,12H,6,11H2,1-5H3,(H,22,25). The Hall–Kier alpha value is -2.60. The van der Waals surface area contributed by atoms with Crippen LogP contribution in [-0.4, -0.2) is 15.7 Å². The van der Waals surface area contributed by atoms with E-state index in [1.165, 1.54) is 22.5 Å². The van der Waals surface area contributed by atoms with Crippen LogP contribution in [0.1, 0.15) is 44.5 Å². The van der Waals surface area contributed by atoms with E-state index in [2.05, 4.69) is 43.3 Å². The van der Waals surface area contributed by atoms with Gasteiger partial charge in [0.15, 0.2) is 0 Å². The zero-order valence-corrected chi connectivity index (χ0v) is 17.2. The van der Waals surface area contributed by atoms with Crippen LogP contribution in [0.2, 0.25) is 0 Å². The zero-order valence-electron chi connectivity index (χ0n) is 16.4. The zero-order chi connectivity index (χ0) is 19.6. The molecule has 2 aromatic heterocycles. The van der Waals surface area contributed by atoms with Crippen molar-refractivity contribution < 1.29 is 9.53 Å². The molecular weight excluding hydrogens is 358 g/mol. The van der Waals surface area contributed by atoms with Crippen molar-refractivity contribution in [3.63, 3.8) is 0 Å². The van der Waals surface area contributed by atoms with Gasteiger partial charge in [-0.05, 0) is 68.8 Å². The summed E-state index contributed by atoms with van der Waals surface area (Å²) in [7, 11) is 0. The first-order valence-corrected chi connectivity index (χ1v) is 9.88. The van der Waals surface area contributed by atoms with E-state index in [0.29, 0.717) is 11.5 Å². The Morgan fingerprint density at radius 3 is 2.70 bits per heavy atom. The van der Waals surface area contributed by atoms with Crippen LogP contribution in [-0.2, 0) is 13.2 Å². The van der Waals surface area contributed by atoms with Crippen LogP contribution in [0.5, 0.6) is 5.75 Å². The molecule has 0 fully saturated rings. The number of aryl methyl sites for hydroxylation is 4. The summed E-state index contributed by atoms with van der Waals surface area (Å²) >= 11 is 1.42. The van der Waals surface area contributed by atoms with Gasteiger partial charge >= 0.3 is 0 Å². The van der Waals surface area contributed by atoms with E-state index < -0.39 is 0 Å². The van der Waals surface area contributed by atoms with Crippen molar-refractivity contribution in [2.24, 2.45) is 0 Å². The molecule has 1 amide bonds. The molecule has 6 heteroatoms. The molecule has 27 heavy (non-hydrogen) atoms. The highest BCUT2D eigenvalue weighted by Crippen LogP contribution is 2.25. The number of aromatic nitrogens is 2. The predicted molar refractivity (Wildman–Crippen MR) is 110 cm³/mol. The average Bonchev–Trinajstić information content (AvgIpc) is 3.24. The van der Waals surface area contributed by atoms with E-state index in [1.54, 1.807) is 0 Å². The quantitative estimate of drug-likeness (QED) is 0.649. The molecule has 0 aliphatic carbocycles. The molecule has 0 aliphatic rings. The number of benzene rings is 1. The lowest BCUT2D eigenvalue weighted by Gasteiger charge is -2.11. The molecule has 0 atom stereocenters. The highest BCUT2D eigenvalue weighted by Gasteiger charge is 2.13. The summed E-state index contributed by atoms with van der Waals surface area (Å²) in [6, 6.07) is 6.09. The van der Waals surface area contributed by atoms with Gasteiger partial charge in [0.2, 0.25) is 0 Å². The van der Waals surface area contributed by atoms with Gasteiger partial charge in [-0.2, -0.15) is 5.10 Å². The van der Waals surface area contributed by atoms with Crippen molar-refractivity contribution in [3.8, 4) is 5.75 Å². The van der Waals surface area contributed by atoms with Gasteiger partial charge < -0.3 is 10.1 Å². The first kappa shape index (κ1) is 19.2. The lowest BCUT2D eigenvalue weighted by molar-refractivity contribution is 0.103.